The van der Waals surface area contributed by atoms with Gasteiger partial charge in [0.1, 0.15) is 19.8 Å². The number of benzene rings is 2. The third-order valence-corrected chi connectivity index (χ3v) is 4.63. The van der Waals surface area contributed by atoms with Gasteiger partial charge < -0.3 is 19.5 Å². The second-order valence-corrected chi connectivity index (χ2v) is 7.95. The molecule has 1 amide bonds. The molecule has 2 aromatic carbocycles. The van der Waals surface area contributed by atoms with Gasteiger partial charge in [-0.25, -0.2) is 0 Å². The zero-order chi connectivity index (χ0) is 21.7. The molecule has 1 aliphatic heterocycles. The van der Waals surface area contributed by atoms with Crippen molar-refractivity contribution in [1.29, 1.82) is 0 Å². The average Bonchev–Trinajstić information content (AvgIpc) is 2.74. The molecule has 7 nitrogen and oxygen atoms in total. The van der Waals surface area contributed by atoms with Gasteiger partial charge in [-0.15, -0.1) is 0 Å². The summed E-state index contributed by atoms with van der Waals surface area (Å²) < 4.78 is 15.8. The lowest BCUT2D eigenvalue weighted by atomic mass is 9.87. The van der Waals surface area contributed by atoms with E-state index in [-0.39, 0.29) is 23.7 Å². The quantitative estimate of drug-likeness (QED) is 0.581. The van der Waals surface area contributed by atoms with Crippen LogP contribution in [0.4, 0.5) is 0 Å². The first-order valence-electron chi connectivity index (χ1n) is 9.71. The van der Waals surface area contributed by atoms with Crippen LogP contribution >= 0.6 is 0 Å². The van der Waals surface area contributed by atoms with Crippen molar-refractivity contribution < 1.29 is 28.6 Å². The highest BCUT2D eigenvalue weighted by atomic mass is 16.6. The Balaban J connectivity index is 1.46. The number of carbonyl (C=O) groups is 3. The number of ether oxygens (including phenoxy) is 3. The fraction of sp³-hybridized carbons (Fsp3) is 0.348. The molecule has 0 spiro atoms. The second-order valence-electron chi connectivity index (χ2n) is 7.95. The van der Waals surface area contributed by atoms with Crippen molar-refractivity contribution in [3.63, 3.8) is 0 Å². The van der Waals surface area contributed by atoms with Gasteiger partial charge in [-0.2, -0.15) is 0 Å². The van der Waals surface area contributed by atoms with E-state index < -0.39 is 12.6 Å². The number of carbonyl (C=O) groups excluding carboxylic acids is 3. The fourth-order valence-electron chi connectivity index (χ4n) is 2.87. The summed E-state index contributed by atoms with van der Waals surface area (Å²) in [6.45, 7) is 6.39. The van der Waals surface area contributed by atoms with Gasteiger partial charge in [0, 0.05) is 11.1 Å². The molecule has 1 N–H and O–H groups in total. The molecule has 0 radical (unpaired) electrons. The molecule has 0 unspecified atom stereocenters. The van der Waals surface area contributed by atoms with Crippen LogP contribution in [-0.4, -0.2) is 44.0 Å². The molecule has 1 heterocycles. The van der Waals surface area contributed by atoms with Crippen molar-refractivity contribution in [3.05, 3.63) is 59.2 Å². The number of rotatable bonds is 6. The van der Waals surface area contributed by atoms with E-state index >= 15 is 0 Å². The van der Waals surface area contributed by atoms with Gasteiger partial charge >= 0.3 is 5.97 Å². The Morgan fingerprint density at radius 1 is 0.933 bits per heavy atom. The van der Waals surface area contributed by atoms with Crippen LogP contribution < -0.4 is 14.8 Å². The van der Waals surface area contributed by atoms with Crippen molar-refractivity contribution in [3.8, 4) is 11.5 Å². The molecule has 0 aliphatic carbocycles. The van der Waals surface area contributed by atoms with Crippen molar-refractivity contribution in [2.24, 2.45) is 0 Å². The maximum Gasteiger partial charge on any atom is 0.325 e. The SMILES string of the molecule is CC(C)(C)c1ccc(C(=O)NCC(=O)OCC(=O)c2ccc3c(c2)OCCO3)cc1. The van der Waals surface area contributed by atoms with E-state index in [4.69, 9.17) is 14.2 Å². The van der Waals surface area contributed by atoms with Crippen LogP contribution in [0.25, 0.3) is 0 Å². The number of hydrogen-bond acceptors (Lipinski definition) is 6. The predicted octanol–water partition coefficient (Wildman–Crippen LogP) is 2.91. The van der Waals surface area contributed by atoms with Gasteiger partial charge in [-0.3, -0.25) is 14.4 Å². The topological polar surface area (TPSA) is 90.9 Å². The summed E-state index contributed by atoms with van der Waals surface area (Å²) in [5, 5.41) is 2.50. The first kappa shape index (κ1) is 21.4. The molecule has 0 saturated carbocycles. The van der Waals surface area contributed by atoms with E-state index in [1.54, 1.807) is 30.3 Å². The summed E-state index contributed by atoms with van der Waals surface area (Å²) in [7, 11) is 0. The Bertz CT molecular complexity index is 943. The fourth-order valence-corrected chi connectivity index (χ4v) is 2.87. The Morgan fingerprint density at radius 2 is 1.57 bits per heavy atom. The monoisotopic (exact) mass is 411 g/mol. The molecular weight excluding hydrogens is 386 g/mol. The molecule has 158 valence electrons. The molecule has 1 aliphatic rings. The lowest BCUT2D eigenvalue weighted by Gasteiger charge is -2.19. The molecule has 0 atom stereocenters. The lowest BCUT2D eigenvalue weighted by Crippen LogP contribution is -2.31. The van der Waals surface area contributed by atoms with Gasteiger partial charge in [0.15, 0.2) is 23.9 Å². The van der Waals surface area contributed by atoms with Crippen LogP contribution in [0, 0.1) is 0 Å². The number of amides is 1. The van der Waals surface area contributed by atoms with Crippen LogP contribution in [0.15, 0.2) is 42.5 Å². The molecule has 0 saturated heterocycles. The minimum absolute atomic E-state index is 0.0114. The van der Waals surface area contributed by atoms with Crippen LogP contribution in [-0.2, 0) is 14.9 Å². The van der Waals surface area contributed by atoms with E-state index in [9.17, 15) is 14.4 Å². The first-order chi connectivity index (χ1) is 14.2. The third-order valence-electron chi connectivity index (χ3n) is 4.63. The molecule has 0 fully saturated rings. The van der Waals surface area contributed by atoms with Gasteiger partial charge in [0.2, 0.25) is 0 Å². The summed E-state index contributed by atoms with van der Waals surface area (Å²) in [5.41, 5.74) is 1.90. The van der Waals surface area contributed by atoms with E-state index in [1.807, 2.05) is 12.1 Å². The van der Waals surface area contributed by atoms with Gasteiger partial charge in [-0.05, 0) is 41.3 Å². The molecule has 30 heavy (non-hydrogen) atoms. The van der Waals surface area contributed by atoms with Gasteiger partial charge in [0.25, 0.3) is 5.91 Å². The Hall–Kier alpha value is -3.35. The van der Waals surface area contributed by atoms with Gasteiger partial charge in [-0.1, -0.05) is 32.9 Å². The van der Waals surface area contributed by atoms with Crippen LogP contribution in [0.2, 0.25) is 0 Å². The second kappa shape index (κ2) is 8.98. The molecule has 7 heteroatoms. The van der Waals surface area contributed by atoms with Crippen molar-refractivity contribution in [1.82, 2.24) is 5.32 Å². The maximum atomic E-state index is 12.2. The highest BCUT2D eigenvalue weighted by molar-refractivity contribution is 5.99. The zero-order valence-electron chi connectivity index (χ0n) is 17.3. The highest BCUT2D eigenvalue weighted by Gasteiger charge is 2.17. The van der Waals surface area contributed by atoms with Crippen LogP contribution in [0.1, 0.15) is 47.1 Å². The lowest BCUT2D eigenvalue weighted by molar-refractivity contribution is -0.141. The van der Waals surface area contributed by atoms with Crippen molar-refractivity contribution in [2.45, 2.75) is 26.2 Å². The zero-order valence-corrected chi connectivity index (χ0v) is 17.3. The molecule has 0 bridgehead atoms. The van der Waals surface area contributed by atoms with E-state index in [0.717, 1.165) is 5.56 Å². The number of esters is 1. The van der Waals surface area contributed by atoms with Crippen molar-refractivity contribution in [2.75, 3.05) is 26.4 Å². The van der Waals surface area contributed by atoms with Crippen LogP contribution in [0.5, 0.6) is 11.5 Å². The molecule has 3 rings (SSSR count). The summed E-state index contributed by atoms with van der Waals surface area (Å²) in [6.07, 6.45) is 0. The summed E-state index contributed by atoms with van der Waals surface area (Å²) in [5.74, 6) is -0.383. The number of fused-ring (bicyclic) bond motifs is 1. The van der Waals surface area contributed by atoms with E-state index in [2.05, 4.69) is 26.1 Å². The Labute approximate surface area is 175 Å². The van der Waals surface area contributed by atoms with Crippen molar-refractivity contribution >= 4 is 17.7 Å². The minimum atomic E-state index is -0.694. The third kappa shape index (κ3) is 5.37. The molecule has 2 aromatic rings. The smallest absolute Gasteiger partial charge is 0.325 e. The molecular formula is C23H25NO6. The van der Waals surface area contributed by atoms with Gasteiger partial charge in [0.05, 0.1) is 0 Å². The number of nitrogens with one attached hydrogen (secondary N) is 1. The number of Topliss-reactive ketones (excluding diaryl/α,β-unsaturated/α-hetero) is 1. The predicted molar refractivity (Wildman–Crippen MR) is 110 cm³/mol. The molecule has 0 aromatic heterocycles. The first-order valence-corrected chi connectivity index (χ1v) is 9.71. The standard InChI is InChI=1S/C23H25NO6/c1-23(2,3)17-7-4-15(5-8-17)22(27)24-13-21(26)30-14-18(25)16-6-9-19-20(12-16)29-11-10-28-19/h4-9,12H,10-11,13-14H2,1-3H3,(H,24,27). The van der Waals surface area contributed by atoms with E-state index in [1.165, 1.54) is 0 Å². The average molecular weight is 411 g/mol. The number of hydrogen-bond donors (Lipinski definition) is 1. The Kier molecular flexibility index (Phi) is 6.40. The maximum absolute atomic E-state index is 12.2. The Morgan fingerprint density at radius 3 is 2.23 bits per heavy atom. The van der Waals surface area contributed by atoms with E-state index in [0.29, 0.717) is 35.8 Å². The van der Waals surface area contributed by atoms with Crippen LogP contribution in [0.3, 0.4) is 0 Å². The summed E-state index contributed by atoms with van der Waals surface area (Å²) in [6, 6.07) is 12.0. The largest absolute Gasteiger partial charge is 0.486 e. The summed E-state index contributed by atoms with van der Waals surface area (Å²) in [4.78, 5) is 36.3. The summed E-state index contributed by atoms with van der Waals surface area (Å²) >= 11 is 0. The minimum Gasteiger partial charge on any atom is -0.486 e. The normalized spacial score (nSPS) is 12.8. The number of ketones is 1. The highest BCUT2D eigenvalue weighted by Crippen LogP contribution is 2.30.